The molecule has 0 aliphatic rings. The zero-order chi connectivity index (χ0) is 12.6. The molecule has 0 aliphatic carbocycles. The van der Waals surface area contributed by atoms with E-state index in [0.717, 1.165) is 12.8 Å². The molecule has 0 saturated carbocycles. The average Bonchev–Trinajstić information content (AvgIpc) is 2.16. The van der Waals surface area contributed by atoms with Gasteiger partial charge in [-0.3, -0.25) is 0 Å². The first-order valence-corrected chi connectivity index (χ1v) is 5.55. The Morgan fingerprint density at radius 3 is 2.31 bits per heavy atom. The summed E-state index contributed by atoms with van der Waals surface area (Å²) in [5.41, 5.74) is 3.02. The van der Waals surface area contributed by atoms with Crippen molar-refractivity contribution < 1.29 is 9.53 Å². The predicted molar refractivity (Wildman–Crippen MR) is 68.2 cm³/mol. The molecule has 0 aromatic rings. The monoisotopic (exact) mass is 222 g/mol. The Morgan fingerprint density at radius 2 is 1.81 bits per heavy atom. The largest absolute Gasteiger partial charge is 0.458 e. The van der Waals surface area contributed by atoms with E-state index in [2.05, 4.69) is 26.5 Å². The summed E-state index contributed by atoms with van der Waals surface area (Å²) in [6, 6.07) is 0. The molecule has 0 amide bonds. The molecular weight excluding hydrogens is 200 g/mol. The van der Waals surface area contributed by atoms with E-state index in [1.165, 1.54) is 11.1 Å². The Balaban J connectivity index is 3.83. The second kappa shape index (κ2) is 7.91. The molecule has 0 aromatic carbocycles. The van der Waals surface area contributed by atoms with Crippen molar-refractivity contribution in [3.05, 3.63) is 35.5 Å². The van der Waals surface area contributed by atoms with Crippen molar-refractivity contribution in [3.63, 3.8) is 0 Å². The highest BCUT2D eigenvalue weighted by atomic mass is 16.5. The number of ether oxygens (including phenoxy) is 1. The van der Waals surface area contributed by atoms with Gasteiger partial charge in [-0.1, -0.05) is 23.8 Å². The minimum atomic E-state index is -0.326. The van der Waals surface area contributed by atoms with Crippen molar-refractivity contribution in [1.82, 2.24) is 0 Å². The molecular formula is C14H22O2. The van der Waals surface area contributed by atoms with Crippen LogP contribution in [0.3, 0.4) is 0 Å². The summed E-state index contributed by atoms with van der Waals surface area (Å²) in [5.74, 6) is -0.326. The standard InChI is InChI=1S/C14H22O2/c1-11(2)7-6-8-13(5)9-10-16-14(15)12(3)4/h7,9H,3,6,8,10H2,1-2,4-5H3/b13-9+. The number of carbonyl (C=O) groups excluding carboxylic acids is 1. The molecule has 90 valence electrons. The minimum Gasteiger partial charge on any atom is -0.458 e. The maximum absolute atomic E-state index is 11.1. The van der Waals surface area contributed by atoms with Crippen LogP contribution in [0.25, 0.3) is 0 Å². The number of esters is 1. The average molecular weight is 222 g/mol. The number of hydrogen-bond acceptors (Lipinski definition) is 2. The summed E-state index contributed by atoms with van der Waals surface area (Å²) < 4.78 is 4.97. The van der Waals surface area contributed by atoms with Gasteiger partial charge in [0.25, 0.3) is 0 Å². The molecule has 0 rings (SSSR count). The molecule has 0 unspecified atom stereocenters. The topological polar surface area (TPSA) is 26.3 Å². The zero-order valence-electron chi connectivity index (χ0n) is 10.8. The Hall–Kier alpha value is -1.31. The third-order valence-electron chi connectivity index (χ3n) is 2.09. The molecule has 0 bridgehead atoms. The van der Waals surface area contributed by atoms with Crippen molar-refractivity contribution in [2.24, 2.45) is 0 Å². The fraction of sp³-hybridized carbons (Fsp3) is 0.500. The predicted octanol–water partition coefficient (Wildman–Crippen LogP) is 3.80. The lowest BCUT2D eigenvalue weighted by atomic mass is 10.1. The second-order valence-electron chi connectivity index (χ2n) is 4.25. The maximum atomic E-state index is 11.1. The minimum absolute atomic E-state index is 0.326. The summed E-state index contributed by atoms with van der Waals surface area (Å²) in [6.07, 6.45) is 6.20. The molecule has 0 aliphatic heterocycles. The van der Waals surface area contributed by atoms with Gasteiger partial charge in [-0.2, -0.15) is 0 Å². The van der Waals surface area contributed by atoms with Gasteiger partial charge in [0.2, 0.25) is 0 Å². The first kappa shape index (κ1) is 14.7. The van der Waals surface area contributed by atoms with Gasteiger partial charge in [-0.25, -0.2) is 4.79 Å². The van der Waals surface area contributed by atoms with E-state index < -0.39 is 0 Å². The van der Waals surface area contributed by atoms with Gasteiger partial charge < -0.3 is 4.74 Å². The van der Waals surface area contributed by atoms with Gasteiger partial charge in [0, 0.05) is 5.57 Å². The van der Waals surface area contributed by atoms with E-state index in [4.69, 9.17) is 4.74 Å². The van der Waals surface area contributed by atoms with Crippen LogP contribution < -0.4 is 0 Å². The van der Waals surface area contributed by atoms with Crippen LogP contribution in [0.2, 0.25) is 0 Å². The lowest BCUT2D eigenvalue weighted by Gasteiger charge is -2.02. The molecule has 0 heterocycles. The van der Waals surface area contributed by atoms with Crippen LogP contribution in [0.4, 0.5) is 0 Å². The highest BCUT2D eigenvalue weighted by molar-refractivity contribution is 5.86. The molecule has 0 fully saturated rings. The van der Waals surface area contributed by atoms with E-state index in [0.29, 0.717) is 12.2 Å². The SMILES string of the molecule is C=C(C)C(=O)OC/C=C(\C)CCC=C(C)C. The lowest BCUT2D eigenvalue weighted by Crippen LogP contribution is -2.04. The van der Waals surface area contributed by atoms with Crippen molar-refractivity contribution >= 4 is 5.97 Å². The number of allylic oxidation sites excluding steroid dienone is 3. The van der Waals surface area contributed by atoms with Crippen molar-refractivity contribution in [2.75, 3.05) is 6.61 Å². The smallest absolute Gasteiger partial charge is 0.333 e. The first-order valence-electron chi connectivity index (χ1n) is 5.55. The number of rotatable bonds is 6. The third kappa shape index (κ3) is 8.04. The summed E-state index contributed by atoms with van der Waals surface area (Å²) in [6.45, 7) is 11.7. The fourth-order valence-electron chi connectivity index (χ4n) is 1.07. The summed E-state index contributed by atoms with van der Waals surface area (Å²) in [5, 5.41) is 0. The van der Waals surface area contributed by atoms with E-state index in [1.807, 2.05) is 13.0 Å². The molecule has 2 nitrogen and oxygen atoms in total. The fourth-order valence-corrected chi connectivity index (χ4v) is 1.07. The molecule has 0 radical (unpaired) electrons. The van der Waals surface area contributed by atoms with Gasteiger partial charge >= 0.3 is 5.97 Å². The van der Waals surface area contributed by atoms with Crippen LogP contribution in [0, 0.1) is 0 Å². The Labute approximate surface area is 98.7 Å². The molecule has 0 spiro atoms. The van der Waals surface area contributed by atoms with Gasteiger partial charge in [0.15, 0.2) is 0 Å². The molecule has 0 atom stereocenters. The van der Waals surface area contributed by atoms with Gasteiger partial charge in [0.05, 0.1) is 0 Å². The van der Waals surface area contributed by atoms with E-state index in [1.54, 1.807) is 6.92 Å². The number of hydrogen-bond donors (Lipinski definition) is 0. The van der Waals surface area contributed by atoms with Gasteiger partial charge in [0.1, 0.15) is 6.61 Å². The van der Waals surface area contributed by atoms with Crippen molar-refractivity contribution in [1.29, 1.82) is 0 Å². The van der Waals surface area contributed by atoms with Gasteiger partial charge in [-0.15, -0.1) is 0 Å². The van der Waals surface area contributed by atoms with Crippen molar-refractivity contribution in [3.8, 4) is 0 Å². The molecule has 0 N–H and O–H groups in total. The summed E-state index contributed by atoms with van der Waals surface area (Å²) in [4.78, 5) is 11.1. The van der Waals surface area contributed by atoms with Crippen molar-refractivity contribution in [2.45, 2.75) is 40.5 Å². The molecule has 2 heteroatoms. The highest BCUT2D eigenvalue weighted by Crippen LogP contribution is 2.06. The molecule has 0 saturated heterocycles. The maximum Gasteiger partial charge on any atom is 0.333 e. The summed E-state index contributed by atoms with van der Waals surface area (Å²) in [7, 11) is 0. The second-order valence-corrected chi connectivity index (χ2v) is 4.25. The zero-order valence-corrected chi connectivity index (χ0v) is 10.8. The van der Waals surface area contributed by atoms with E-state index in [-0.39, 0.29) is 5.97 Å². The molecule has 16 heavy (non-hydrogen) atoms. The Morgan fingerprint density at radius 1 is 1.19 bits per heavy atom. The van der Waals surface area contributed by atoms with Crippen LogP contribution in [0.15, 0.2) is 35.5 Å². The van der Waals surface area contributed by atoms with Crippen LogP contribution in [0.1, 0.15) is 40.5 Å². The van der Waals surface area contributed by atoms with Crippen LogP contribution in [-0.2, 0) is 9.53 Å². The Kier molecular flexibility index (Phi) is 7.27. The lowest BCUT2D eigenvalue weighted by molar-refractivity contribution is -0.137. The normalized spacial score (nSPS) is 10.9. The first-order chi connectivity index (χ1) is 7.43. The Bertz CT molecular complexity index is 305. The third-order valence-corrected chi connectivity index (χ3v) is 2.09. The van der Waals surface area contributed by atoms with Gasteiger partial charge in [-0.05, 0) is 46.6 Å². The molecule has 0 aromatic heterocycles. The van der Waals surface area contributed by atoms with Crippen LogP contribution >= 0.6 is 0 Å². The number of carbonyl (C=O) groups is 1. The van der Waals surface area contributed by atoms with Crippen LogP contribution in [0.5, 0.6) is 0 Å². The van der Waals surface area contributed by atoms with Crippen LogP contribution in [-0.4, -0.2) is 12.6 Å². The van der Waals surface area contributed by atoms with E-state index >= 15 is 0 Å². The quantitative estimate of drug-likeness (QED) is 0.388. The highest BCUT2D eigenvalue weighted by Gasteiger charge is 2.00. The van der Waals surface area contributed by atoms with E-state index in [9.17, 15) is 4.79 Å². The summed E-state index contributed by atoms with van der Waals surface area (Å²) >= 11 is 0.